The molecule has 2 aliphatic rings. The Hall–Kier alpha value is -2.63. The number of fused-ring (bicyclic) bond motifs is 1. The highest BCUT2D eigenvalue weighted by molar-refractivity contribution is 5.83. The van der Waals surface area contributed by atoms with Gasteiger partial charge >= 0.3 is 0 Å². The Bertz CT molecular complexity index is 1060. The normalized spacial score (nSPS) is 30.2. The van der Waals surface area contributed by atoms with Crippen molar-refractivity contribution in [2.24, 2.45) is 0 Å². The zero-order valence-electron chi connectivity index (χ0n) is 17.5. The summed E-state index contributed by atoms with van der Waals surface area (Å²) in [7, 11) is 0. The predicted molar refractivity (Wildman–Crippen MR) is 115 cm³/mol. The number of benzene rings is 1. The van der Waals surface area contributed by atoms with E-state index in [1.54, 1.807) is 4.57 Å². The van der Waals surface area contributed by atoms with Crippen LogP contribution in [0, 0.1) is 0 Å². The minimum atomic E-state index is -1.24. The fraction of sp³-hybridized carbons (Fsp3) is 0.500. The second-order valence-electron chi connectivity index (χ2n) is 8.43. The lowest BCUT2D eigenvalue weighted by molar-refractivity contribution is -0.0511. The SMILES string of the molecule is OC[C@H]1O[C@@H](n2cnc3c(N(Cc4ccccc4)[C@H]4CCC[C@@H]4O)ncnc32)[C@H](O)[C@@H]1O. The molecule has 10 heteroatoms. The monoisotopic (exact) mass is 441 g/mol. The van der Waals surface area contributed by atoms with Gasteiger partial charge in [0.15, 0.2) is 23.2 Å². The molecule has 4 N–H and O–H groups in total. The van der Waals surface area contributed by atoms with Crippen molar-refractivity contribution in [1.29, 1.82) is 0 Å². The van der Waals surface area contributed by atoms with Crippen LogP contribution in [0.5, 0.6) is 0 Å². The van der Waals surface area contributed by atoms with Crippen molar-refractivity contribution < 1.29 is 25.2 Å². The molecule has 5 rings (SSSR count). The molecule has 3 heterocycles. The van der Waals surface area contributed by atoms with Crippen LogP contribution in [0.4, 0.5) is 5.82 Å². The molecule has 3 aromatic rings. The minimum absolute atomic E-state index is 0.104. The van der Waals surface area contributed by atoms with Gasteiger partial charge in [-0.2, -0.15) is 0 Å². The first-order valence-corrected chi connectivity index (χ1v) is 10.9. The third-order valence-corrected chi connectivity index (χ3v) is 6.44. The zero-order valence-corrected chi connectivity index (χ0v) is 17.5. The summed E-state index contributed by atoms with van der Waals surface area (Å²) in [5.41, 5.74) is 2.04. The van der Waals surface area contributed by atoms with Gasteiger partial charge in [0, 0.05) is 6.54 Å². The number of aliphatic hydroxyl groups is 4. The second kappa shape index (κ2) is 8.72. The Morgan fingerprint density at radius 1 is 1.03 bits per heavy atom. The number of anilines is 1. The molecule has 0 amide bonds. The Balaban J connectivity index is 1.55. The van der Waals surface area contributed by atoms with Crippen LogP contribution in [0.25, 0.3) is 11.2 Å². The molecule has 0 spiro atoms. The van der Waals surface area contributed by atoms with E-state index in [0.717, 1.165) is 24.8 Å². The average Bonchev–Trinajstić information content (AvgIpc) is 3.51. The summed E-state index contributed by atoms with van der Waals surface area (Å²) >= 11 is 0. The van der Waals surface area contributed by atoms with Gasteiger partial charge in [0.05, 0.1) is 25.1 Å². The van der Waals surface area contributed by atoms with Crippen LogP contribution in [0.3, 0.4) is 0 Å². The predicted octanol–water partition coefficient (Wildman–Crippen LogP) is 0.358. The fourth-order valence-electron chi connectivity index (χ4n) is 4.76. The number of nitrogens with zero attached hydrogens (tertiary/aromatic N) is 5. The van der Waals surface area contributed by atoms with Crippen LogP contribution < -0.4 is 4.90 Å². The molecule has 1 aliphatic heterocycles. The molecule has 6 atom stereocenters. The maximum absolute atomic E-state index is 10.7. The van der Waals surface area contributed by atoms with Gasteiger partial charge in [-0.3, -0.25) is 4.57 Å². The van der Waals surface area contributed by atoms with Gasteiger partial charge < -0.3 is 30.1 Å². The van der Waals surface area contributed by atoms with Gasteiger partial charge in [-0.05, 0) is 24.8 Å². The molecule has 1 aromatic carbocycles. The van der Waals surface area contributed by atoms with E-state index in [9.17, 15) is 20.4 Å². The number of aliphatic hydroxyl groups excluding tert-OH is 4. The van der Waals surface area contributed by atoms with E-state index in [-0.39, 0.29) is 6.04 Å². The summed E-state index contributed by atoms with van der Waals surface area (Å²) < 4.78 is 7.21. The Morgan fingerprint density at radius 3 is 2.53 bits per heavy atom. The number of rotatable bonds is 6. The highest BCUT2D eigenvalue weighted by atomic mass is 16.6. The Labute approximate surface area is 184 Å². The van der Waals surface area contributed by atoms with Gasteiger partial charge in [0.25, 0.3) is 0 Å². The van der Waals surface area contributed by atoms with E-state index in [2.05, 4.69) is 19.9 Å². The summed E-state index contributed by atoms with van der Waals surface area (Å²) in [6.07, 6.45) is 0.689. The maximum Gasteiger partial charge on any atom is 0.167 e. The van der Waals surface area contributed by atoms with E-state index in [4.69, 9.17) is 4.74 Å². The van der Waals surface area contributed by atoms with Crippen molar-refractivity contribution in [3.8, 4) is 0 Å². The van der Waals surface area contributed by atoms with Crippen molar-refractivity contribution in [3.63, 3.8) is 0 Å². The molecule has 0 radical (unpaired) electrons. The van der Waals surface area contributed by atoms with E-state index in [1.807, 2.05) is 30.3 Å². The molecular weight excluding hydrogens is 414 g/mol. The van der Waals surface area contributed by atoms with E-state index >= 15 is 0 Å². The largest absolute Gasteiger partial charge is 0.394 e. The average molecular weight is 441 g/mol. The third kappa shape index (κ3) is 3.63. The lowest BCUT2D eigenvalue weighted by Crippen LogP contribution is -2.40. The lowest BCUT2D eigenvalue weighted by atomic mass is 10.1. The van der Waals surface area contributed by atoms with E-state index in [0.29, 0.717) is 23.5 Å². The summed E-state index contributed by atoms with van der Waals surface area (Å²) in [5.74, 6) is 0.593. The molecule has 2 fully saturated rings. The summed E-state index contributed by atoms with van der Waals surface area (Å²) in [5, 5.41) is 40.7. The molecule has 0 unspecified atom stereocenters. The van der Waals surface area contributed by atoms with Gasteiger partial charge in [0.1, 0.15) is 24.6 Å². The summed E-state index contributed by atoms with van der Waals surface area (Å²) in [6, 6.07) is 9.88. The summed E-state index contributed by atoms with van der Waals surface area (Å²) in [6.45, 7) is 0.140. The number of ether oxygens (including phenoxy) is 1. The number of aromatic nitrogens is 4. The topological polar surface area (TPSA) is 137 Å². The molecule has 1 saturated heterocycles. The van der Waals surface area contributed by atoms with Crippen molar-refractivity contribution in [3.05, 3.63) is 48.5 Å². The first-order chi connectivity index (χ1) is 15.6. The molecule has 2 aromatic heterocycles. The standard InChI is InChI=1S/C22H27N5O5/c28-10-16-18(30)19(31)22(32-16)27-12-25-17-20(23-11-24-21(17)27)26(14-7-4-8-15(14)29)9-13-5-2-1-3-6-13/h1-3,5-6,11-12,14-16,18-19,22,28-31H,4,7-10H2/t14-,15-,16+,18+,19+,22+/m0/s1. The van der Waals surface area contributed by atoms with Crippen LogP contribution in [-0.4, -0.2) is 77.0 Å². The highest BCUT2D eigenvalue weighted by Gasteiger charge is 2.44. The Morgan fingerprint density at radius 2 is 1.84 bits per heavy atom. The second-order valence-corrected chi connectivity index (χ2v) is 8.43. The van der Waals surface area contributed by atoms with Crippen molar-refractivity contribution in [1.82, 2.24) is 19.5 Å². The van der Waals surface area contributed by atoms with Gasteiger partial charge in [-0.1, -0.05) is 30.3 Å². The number of hydrogen-bond donors (Lipinski definition) is 4. The first-order valence-electron chi connectivity index (χ1n) is 10.9. The summed E-state index contributed by atoms with van der Waals surface area (Å²) in [4.78, 5) is 15.5. The lowest BCUT2D eigenvalue weighted by Gasteiger charge is -2.32. The van der Waals surface area contributed by atoms with E-state index < -0.39 is 37.3 Å². The third-order valence-electron chi connectivity index (χ3n) is 6.44. The number of imidazole rings is 1. The van der Waals surface area contributed by atoms with Gasteiger partial charge in [-0.25, -0.2) is 15.0 Å². The fourth-order valence-corrected chi connectivity index (χ4v) is 4.76. The maximum atomic E-state index is 10.7. The molecule has 170 valence electrons. The zero-order chi connectivity index (χ0) is 22.2. The molecular formula is C22H27N5O5. The van der Waals surface area contributed by atoms with E-state index in [1.165, 1.54) is 12.7 Å². The molecule has 1 aliphatic carbocycles. The minimum Gasteiger partial charge on any atom is -0.394 e. The molecule has 10 nitrogen and oxygen atoms in total. The van der Waals surface area contributed by atoms with Gasteiger partial charge in [0.2, 0.25) is 0 Å². The molecule has 32 heavy (non-hydrogen) atoms. The quantitative estimate of drug-likeness (QED) is 0.427. The number of hydrogen-bond acceptors (Lipinski definition) is 9. The van der Waals surface area contributed by atoms with Gasteiger partial charge in [-0.15, -0.1) is 0 Å². The molecule has 0 bridgehead atoms. The van der Waals surface area contributed by atoms with Crippen LogP contribution in [0.15, 0.2) is 43.0 Å². The smallest absolute Gasteiger partial charge is 0.167 e. The first kappa shape index (κ1) is 21.2. The molecule has 1 saturated carbocycles. The van der Waals surface area contributed by atoms with Crippen LogP contribution in [-0.2, 0) is 11.3 Å². The van der Waals surface area contributed by atoms with Crippen molar-refractivity contribution in [2.45, 2.75) is 62.5 Å². The van der Waals surface area contributed by atoms with Crippen molar-refractivity contribution in [2.75, 3.05) is 11.5 Å². The van der Waals surface area contributed by atoms with Crippen LogP contribution >= 0.6 is 0 Å². The highest BCUT2D eigenvalue weighted by Crippen LogP contribution is 2.35. The van der Waals surface area contributed by atoms with Crippen LogP contribution in [0.1, 0.15) is 31.1 Å². The van der Waals surface area contributed by atoms with Crippen LogP contribution in [0.2, 0.25) is 0 Å². The Kier molecular flexibility index (Phi) is 5.78. The van der Waals surface area contributed by atoms with Crippen molar-refractivity contribution >= 4 is 17.0 Å².